The van der Waals surface area contributed by atoms with Gasteiger partial charge in [-0.3, -0.25) is 9.69 Å². The number of likely N-dealkylation sites (tertiary alicyclic amines) is 1. The van der Waals surface area contributed by atoms with Crippen LogP contribution in [0.25, 0.3) is 0 Å². The number of ether oxygens (including phenoxy) is 1. The minimum Gasteiger partial charge on any atom is -0.444 e. The number of nitrogens with zero attached hydrogens (tertiary/aromatic N) is 1. The first-order valence-electron chi connectivity index (χ1n) is 8.96. The molecule has 7 heteroatoms. The normalized spacial score (nSPS) is 16.2. The van der Waals surface area contributed by atoms with Crippen LogP contribution in [0, 0.1) is 5.92 Å². The van der Waals surface area contributed by atoms with Crippen LogP contribution in [0.5, 0.6) is 0 Å². The highest BCUT2D eigenvalue weighted by Gasteiger charge is 2.22. The number of nitrogens with one attached hydrogen (secondary N) is 2. The number of anilines is 1. The van der Waals surface area contributed by atoms with Crippen LogP contribution in [0.4, 0.5) is 10.5 Å². The molecule has 0 atom stereocenters. The van der Waals surface area contributed by atoms with Gasteiger partial charge in [0, 0.05) is 16.7 Å². The number of rotatable bonds is 5. The minimum absolute atomic E-state index is 0.00217. The van der Waals surface area contributed by atoms with Crippen LogP contribution in [-0.4, -0.2) is 48.7 Å². The van der Waals surface area contributed by atoms with Crippen LogP contribution in [0.2, 0.25) is 0 Å². The zero-order valence-corrected chi connectivity index (χ0v) is 17.3. The molecule has 144 valence electrons. The number of carbonyl (C=O) groups excluding carboxylic acids is 2. The summed E-state index contributed by atoms with van der Waals surface area (Å²) in [6.07, 6.45) is 1.55. The van der Waals surface area contributed by atoms with Gasteiger partial charge in [-0.1, -0.05) is 15.9 Å². The first kappa shape index (κ1) is 20.7. The molecule has 6 nitrogen and oxygen atoms in total. The highest BCUT2D eigenvalue weighted by Crippen LogP contribution is 2.17. The number of hydrogen-bond acceptors (Lipinski definition) is 4. The molecule has 0 saturated carbocycles. The second-order valence-electron chi connectivity index (χ2n) is 7.66. The first-order valence-corrected chi connectivity index (χ1v) is 9.75. The molecule has 2 rings (SSSR count). The van der Waals surface area contributed by atoms with Crippen LogP contribution in [0.15, 0.2) is 28.7 Å². The summed E-state index contributed by atoms with van der Waals surface area (Å²) in [5.41, 5.74) is 0.324. The first-order chi connectivity index (χ1) is 12.2. The largest absolute Gasteiger partial charge is 0.444 e. The number of alkyl carbamates (subject to hydrolysis) is 1. The van der Waals surface area contributed by atoms with Crippen LogP contribution < -0.4 is 10.6 Å². The van der Waals surface area contributed by atoms with Gasteiger partial charge in [-0.15, -0.1) is 0 Å². The summed E-state index contributed by atoms with van der Waals surface area (Å²) in [5.74, 6) is 0.422. The maximum Gasteiger partial charge on any atom is 0.407 e. The van der Waals surface area contributed by atoms with Gasteiger partial charge >= 0.3 is 6.09 Å². The molecule has 0 unspecified atom stereocenters. The molecule has 1 saturated heterocycles. The lowest BCUT2D eigenvalue weighted by Gasteiger charge is -2.31. The lowest BCUT2D eigenvalue weighted by molar-refractivity contribution is -0.117. The molecule has 1 aromatic rings. The molecule has 2 N–H and O–H groups in total. The van der Waals surface area contributed by atoms with Crippen molar-refractivity contribution in [2.45, 2.75) is 39.2 Å². The molecular weight excluding hydrogens is 398 g/mol. The summed E-state index contributed by atoms with van der Waals surface area (Å²) >= 11 is 3.38. The zero-order chi connectivity index (χ0) is 19.2. The van der Waals surface area contributed by atoms with Crippen molar-refractivity contribution in [1.29, 1.82) is 0 Å². The molecule has 0 spiro atoms. The van der Waals surface area contributed by atoms with Gasteiger partial charge in [-0.25, -0.2) is 4.79 Å². The van der Waals surface area contributed by atoms with Crippen molar-refractivity contribution in [3.63, 3.8) is 0 Å². The lowest BCUT2D eigenvalue weighted by Crippen LogP contribution is -2.42. The van der Waals surface area contributed by atoms with Crippen LogP contribution in [0.3, 0.4) is 0 Å². The van der Waals surface area contributed by atoms with E-state index in [1.165, 1.54) is 0 Å². The third-order valence-electron chi connectivity index (χ3n) is 4.14. The fourth-order valence-electron chi connectivity index (χ4n) is 2.83. The molecule has 1 aliphatic rings. The van der Waals surface area contributed by atoms with Crippen LogP contribution in [-0.2, 0) is 9.53 Å². The van der Waals surface area contributed by atoms with E-state index in [-0.39, 0.29) is 12.0 Å². The number of piperidine rings is 1. The Morgan fingerprint density at radius 3 is 2.38 bits per heavy atom. The topological polar surface area (TPSA) is 70.7 Å². The Morgan fingerprint density at radius 1 is 1.19 bits per heavy atom. The Kier molecular flexibility index (Phi) is 7.46. The molecule has 0 bridgehead atoms. The van der Waals surface area contributed by atoms with Gasteiger partial charge in [0.2, 0.25) is 5.91 Å². The predicted molar refractivity (Wildman–Crippen MR) is 106 cm³/mol. The van der Waals surface area contributed by atoms with Crippen molar-refractivity contribution in [2.24, 2.45) is 5.92 Å². The van der Waals surface area contributed by atoms with Crippen molar-refractivity contribution >= 4 is 33.6 Å². The Hall–Kier alpha value is -1.60. The predicted octanol–water partition coefficient (Wildman–Crippen LogP) is 3.62. The summed E-state index contributed by atoms with van der Waals surface area (Å²) < 4.78 is 6.23. The van der Waals surface area contributed by atoms with Crippen molar-refractivity contribution in [3.05, 3.63) is 28.7 Å². The molecular formula is C19H28BrN3O3. The third-order valence-corrected chi connectivity index (χ3v) is 4.66. The average molecular weight is 426 g/mol. The molecule has 1 aliphatic heterocycles. The van der Waals surface area contributed by atoms with Crippen LogP contribution >= 0.6 is 15.9 Å². The number of halogens is 1. The SMILES string of the molecule is CC(C)(C)OC(=O)NCC1CCN(CC(=O)Nc2ccc(Br)cc2)CC1. The van der Waals surface area contributed by atoms with Crippen molar-refractivity contribution in [2.75, 3.05) is 31.5 Å². The Balaban J connectivity index is 1.65. The molecule has 2 amide bonds. The van der Waals surface area contributed by atoms with Gasteiger partial charge < -0.3 is 15.4 Å². The van der Waals surface area contributed by atoms with E-state index >= 15 is 0 Å². The summed E-state index contributed by atoms with van der Waals surface area (Å²) in [6, 6.07) is 7.55. The number of hydrogen-bond donors (Lipinski definition) is 2. The summed E-state index contributed by atoms with van der Waals surface area (Å²) in [6.45, 7) is 8.28. The lowest BCUT2D eigenvalue weighted by atomic mass is 9.97. The fourth-order valence-corrected chi connectivity index (χ4v) is 3.09. The third kappa shape index (κ3) is 7.74. The second kappa shape index (κ2) is 9.37. The maximum atomic E-state index is 12.2. The van der Waals surface area contributed by atoms with E-state index in [1.807, 2.05) is 45.0 Å². The Bertz CT molecular complexity index is 605. The molecule has 0 aliphatic carbocycles. The maximum absolute atomic E-state index is 12.2. The van der Waals surface area contributed by atoms with Gasteiger partial charge in [0.05, 0.1) is 6.54 Å². The minimum atomic E-state index is -0.477. The van der Waals surface area contributed by atoms with Gasteiger partial charge in [-0.05, 0) is 76.9 Å². The molecule has 0 aromatic heterocycles. The molecule has 26 heavy (non-hydrogen) atoms. The molecule has 1 heterocycles. The number of amides is 2. The highest BCUT2D eigenvalue weighted by atomic mass is 79.9. The van der Waals surface area contributed by atoms with E-state index in [0.717, 1.165) is 36.1 Å². The second-order valence-corrected chi connectivity index (χ2v) is 8.57. The van der Waals surface area contributed by atoms with Gasteiger partial charge in [-0.2, -0.15) is 0 Å². The smallest absolute Gasteiger partial charge is 0.407 e. The van der Waals surface area contributed by atoms with E-state index in [2.05, 4.69) is 31.5 Å². The summed E-state index contributed by atoms with van der Waals surface area (Å²) in [4.78, 5) is 26.0. The summed E-state index contributed by atoms with van der Waals surface area (Å²) in [5, 5.41) is 5.75. The molecule has 0 radical (unpaired) electrons. The van der Waals surface area contributed by atoms with E-state index in [0.29, 0.717) is 19.0 Å². The monoisotopic (exact) mass is 425 g/mol. The van der Waals surface area contributed by atoms with Crippen molar-refractivity contribution in [1.82, 2.24) is 10.2 Å². The highest BCUT2D eigenvalue weighted by molar-refractivity contribution is 9.10. The average Bonchev–Trinajstić information content (AvgIpc) is 2.55. The van der Waals surface area contributed by atoms with Crippen molar-refractivity contribution < 1.29 is 14.3 Å². The zero-order valence-electron chi connectivity index (χ0n) is 15.7. The van der Waals surface area contributed by atoms with Gasteiger partial charge in [0.15, 0.2) is 0 Å². The Morgan fingerprint density at radius 2 is 1.81 bits per heavy atom. The van der Waals surface area contributed by atoms with E-state index in [9.17, 15) is 9.59 Å². The standard InChI is InChI=1S/C19H28BrN3O3/c1-19(2,3)26-18(25)21-12-14-8-10-23(11-9-14)13-17(24)22-16-6-4-15(20)5-7-16/h4-7,14H,8-13H2,1-3H3,(H,21,25)(H,22,24). The van der Waals surface area contributed by atoms with Crippen LogP contribution in [0.1, 0.15) is 33.6 Å². The van der Waals surface area contributed by atoms with Gasteiger partial charge in [0.1, 0.15) is 5.60 Å². The van der Waals surface area contributed by atoms with E-state index in [1.54, 1.807) is 0 Å². The summed E-state index contributed by atoms with van der Waals surface area (Å²) in [7, 11) is 0. The van der Waals surface area contributed by atoms with Gasteiger partial charge in [0.25, 0.3) is 0 Å². The number of benzene rings is 1. The van der Waals surface area contributed by atoms with Crippen molar-refractivity contribution in [3.8, 4) is 0 Å². The van der Waals surface area contributed by atoms with E-state index < -0.39 is 5.60 Å². The molecule has 1 aromatic carbocycles. The molecule has 1 fully saturated rings. The number of carbonyl (C=O) groups is 2. The fraction of sp³-hybridized carbons (Fsp3) is 0.579. The Labute approximate surface area is 163 Å². The quantitative estimate of drug-likeness (QED) is 0.755. The van der Waals surface area contributed by atoms with E-state index in [4.69, 9.17) is 4.74 Å².